The predicted molar refractivity (Wildman–Crippen MR) is 53.3 cm³/mol. The van der Waals surface area contributed by atoms with Gasteiger partial charge in [0.1, 0.15) is 6.04 Å². The van der Waals surface area contributed by atoms with Crippen molar-refractivity contribution in [3.05, 3.63) is 0 Å². The van der Waals surface area contributed by atoms with Crippen LogP contribution in [0.15, 0.2) is 0 Å². The molecule has 1 unspecified atom stereocenters. The van der Waals surface area contributed by atoms with Crippen LogP contribution in [0, 0.1) is 5.92 Å². The number of carbonyl (C=O) groups excluding carboxylic acids is 1. The van der Waals surface area contributed by atoms with Gasteiger partial charge >= 0.3 is 5.97 Å². The van der Waals surface area contributed by atoms with Gasteiger partial charge in [0.15, 0.2) is 0 Å². The molecule has 0 aromatic rings. The van der Waals surface area contributed by atoms with E-state index in [1.165, 1.54) is 0 Å². The van der Waals surface area contributed by atoms with E-state index in [1.807, 2.05) is 0 Å². The highest BCUT2D eigenvalue weighted by molar-refractivity contribution is 5.87. The van der Waals surface area contributed by atoms with E-state index in [-0.39, 0.29) is 17.9 Å². The Morgan fingerprint density at radius 3 is 2.53 bits per heavy atom. The quantitative estimate of drug-likeness (QED) is 0.599. The van der Waals surface area contributed by atoms with E-state index in [4.69, 9.17) is 5.11 Å². The first kappa shape index (κ1) is 10.4. The molecular weight excluding hydrogens is 196 g/mol. The minimum absolute atomic E-state index is 0.146. The van der Waals surface area contributed by atoms with Gasteiger partial charge in [-0.05, 0) is 38.1 Å². The lowest BCUT2D eigenvalue weighted by molar-refractivity contribution is -0.142. The second-order valence-electron chi connectivity index (χ2n) is 4.31. The van der Waals surface area contributed by atoms with Crippen LogP contribution in [0.3, 0.4) is 0 Å². The Morgan fingerprint density at radius 2 is 2.07 bits per heavy atom. The zero-order valence-corrected chi connectivity index (χ0v) is 8.53. The fourth-order valence-electron chi connectivity index (χ4n) is 1.97. The molecule has 15 heavy (non-hydrogen) atoms. The number of hydrogen-bond donors (Lipinski definition) is 3. The summed E-state index contributed by atoms with van der Waals surface area (Å²) in [5.74, 6) is -0.927. The average Bonchev–Trinajstić information content (AvgIpc) is 2.87. The molecule has 1 aliphatic heterocycles. The van der Waals surface area contributed by atoms with Crippen LogP contribution >= 0.6 is 0 Å². The van der Waals surface area contributed by atoms with Crippen molar-refractivity contribution in [2.24, 2.45) is 5.92 Å². The molecule has 0 bridgehead atoms. The van der Waals surface area contributed by atoms with Gasteiger partial charge in [-0.3, -0.25) is 4.79 Å². The van der Waals surface area contributed by atoms with Gasteiger partial charge < -0.3 is 15.7 Å². The topological polar surface area (TPSA) is 78.4 Å². The zero-order valence-electron chi connectivity index (χ0n) is 8.53. The maximum atomic E-state index is 11.7. The van der Waals surface area contributed by atoms with Crippen LogP contribution in [-0.4, -0.2) is 35.6 Å². The van der Waals surface area contributed by atoms with Crippen molar-refractivity contribution >= 4 is 11.9 Å². The third-order valence-corrected chi connectivity index (χ3v) is 3.03. The van der Waals surface area contributed by atoms with Gasteiger partial charge in [0.2, 0.25) is 5.91 Å². The monoisotopic (exact) mass is 212 g/mol. The standard InChI is InChI=1S/C10H16N2O3/c13-9(7-2-1-5-11-7)12-8(10(14)15)6-3-4-6/h6-8,11H,1-5H2,(H,12,13)(H,14,15)/t7-,8?/m1/s1. The number of carboxylic acids is 1. The Bertz CT molecular complexity index is 270. The molecule has 5 nitrogen and oxygen atoms in total. The summed E-state index contributed by atoms with van der Waals surface area (Å²) in [6, 6.07) is -0.870. The molecule has 0 aromatic heterocycles. The SMILES string of the molecule is O=C(O)C(NC(=O)[C@H]1CCCN1)C1CC1. The lowest BCUT2D eigenvalue weighted by Gasteiger charge is -2.16. The predicted octanol–water partition coefficient (Wildman–Crippen LogP) is -0.282. The van der Waals surface area contributed by atoms with Crippen LogP contribution in [0.5, 0.6) is 0 Å². The van der Waals surface area contributed by atoms with Crippen LogP contribution in [0.4, 0.5) is 0 Å². The van der Waals surface area contributed by atoms with Crippen molar-refractivity contribution in [1.29, 1.82) is 0 Å². The van der Waals surface area contributed by atoms with Gasteiger partial charge in [0.25, 0.3) is 0 Å². The lowest BCUT2D eigenvalue weighted by atomic mass is 10.1. The van der Waals surface area contributed by atoms with Gasteiger partial charge in [-0.15, -0.1) is 0 Å². The van der Waals surface area contributed by atoms with E-state index in [0.717, 1.165) is 32.2 Å². The minimum atomic E-state index is -0.913. The number of carbonyl (C=O) groups is 2. The Morgan fingerprint density at radius 1 is 1.33 bits per heavy atom. The molecule has 2 aliphatic rings. The minimum Gasteiger partial charge on any atom is -0.480 e. The summed E-state index contributed by atoms with van der Waals surface area (Å²) in [4.78, 5) is 22.6. The maximum absolute atomic E-state index is 11.7. The number of aliphatic carboxylic acids is 1. The van der Waals surface area contributed by atoms with Crippen LogP contribution in [0.25, 0.3) is 0 Å². The number of rotatable bonds is 4. The summed E-state index contributed by atoms with van der Waals surface area (Å²) in [5, 5.41) is 14.6. The van der Waals surface area contributed by atoms with Crippen molar-refractivity contribution in [3.63, 3.8) is 0 Å². The molecule has 3 N–H and O–H groups in total. The molecule has 0 radical (unpaired) electrons. The smallest absolute Gasteiger partial charge is 0.326 e. The zero-order chi connectivity index (χ0) is 10.8. The highest BCUT2D eigenvalue weighted by atomic mass is 16.4. The summed E-state index contributed by atoms with van der Waals surface area (Å²) in [5.41, 5.74) is 0. The van der Waals surface area contributed by atoms with Gasteiger partial charge in [-0.2, -0.15) is 0 Å². The molecular formula is C10H16N2O3. The molecule has 84 valence electrons. The van der Waals surface area contributed by atoms with E-state index >= 15 is 0 Å². The normalized spacial score (nSPS) is 27.3. The fourth-order valence-corrected chi connectivity index (χ4v) is 1.97. The summed E-state index contributed by atoms with van der Waals surface area (Å²) >= 11 is 0. The van der Waals surface area contributed by atoms with Gasteiger partial charge in [-0.1, -0.05) is 0 Å². The van der Waals surface area contributed by atoms with E-state index in [0.29, 0.717) is 0 Å². The molecule has 2 rings (SSSR count). The Labute approximate surface area is 88.2 Å². The third-order valence-electron chi connectivity index (χ3n) is 3.03. The molecule has 1 saturated carbocycles. The van der Waals surface area contributed by atoms with E-state index in [1.54, 1.807) is 0 Å². The lowest BCUT2D eigenvalue weighted by Crippen LogP contribution is -2.49. The molecule has 0 aromatic carbocycles. The third kappa shape index (κ3) is 2.47. The Kier molecular flexibility index (Phi) is 2.90. The number of hydrogen-bond acceptors (Lipinski definition) is 3. The molecule has 1 saturated heterocycles. The van der Waals surface area contributed by atoms with E-state index in [2.05, 4.69) is 10.6 Å². The van der Waals surface area contributed by atoms with Crippen molar-refractivity contribution < 1.29 is 14.7 Å². The van der Waals surface area contributed by atoms with Crippen molar-refractivity contribution in [2.45, 2.75) is 37.8 Å². The molecule has 0 spiro atoms. The van der Waals surface area contributed by atoms with E-state index < -0.39 is 12.0 Å². The van der Waals surface area contributed by atoms with Gasteiger partial charge in [0, 0.05) is 0 Å². The number of carboxylic acid groups (broad SMARTS) is 1. The summed E-state index contributed by atoms with van der Waals surface area (Å²) in [6.07, 6.45) is 3.62. The second-order valence-corrected chi connectivity index (χ2v) is 4.31. The van der Waals surface area contributed by atoms with Crippen molar-refractivity contribution in [3.8, 4) is 0 Å². The first-order valence-corrected chi connectivity index (χ1v) is 5.45. The Balaban J connectivity index is 1.87. The first-order valence-electron chi connectivity index (χ1n) is 5.45. The average molecular weight is 212 g/mol. The van der Waals surface area contributed by atoms with Crippen LogP contribution < -0.4 is 10.6 Å². The molecule has 1 aliphatic carbocycles. The molecule has 5 heteroatoms. The highest BCUT2D eigenvalue weighted by Gasteiger charge is 2.38. The van der Waals surface area contributed by atoms with Crippen molar-refractivity contribution in [1.82, 2.24) is 10.6 Å². The van der Waals surface area contributed by atoms with E-state index in [9.17, 15) is 9.59 Å². The van der Waals surface area contributed by atoms with Crippen molar-refractivity contribution in [2.75, 3.05) is 6.54 Å². The Hall–Kier alpha value is -1.10. The summed E-state index contributed by atoms with van der Waals surface area (Å²) in [7, 11) is 0. The molecule has 2 fully saturated rings. The second kappa shape index (κ2) is 4.18. The van der Waals surface area contributed by atoms with Gasteiger partial charge in [-0.25, -0.2) is 4.79 Å². The number of amides is 1. The van der Waals surface area contributed by atoms with Crippen LogP contribution in [0.2, 0.25) is 0 Å². The molecule has 1 heterocycles. The highest BCUT2D eigenvalue weighted by Crippen LogP contribution is 2.32. The molecule has 2 atom stereocenters. The van der Waals surface area contributed by atoms with Gasteiger partial charge in [0.05, 0.1) is 6.04 Å². The number of nitrogens with one attached hydrogen (secondary N) is 2. The first-order chi connectivity index (χ1) is 7.18. The fraction of sp³-hybridized carbons (Fsp3) is 0.800. The molecule has 1 amide bonds. The maximum Gasteiger partial charge on any atom is 0.326 e. The summed E-state index contributed by atoms with van der Waals surface area (Å²) in [6.45, 7) is 0.846. The van der Waals surface area contributed by atoms with Crippen LogP contribution in [-0.2, 0) is 9.59 Å². The largest absolute Gasteiger partial charge is 0.480 e. The summed E-state index contributed by atoms with van der Waals surface area (Å²) < 4.78 is 0. The van der Waals surface area contributed by atoms with Crippen LogP contribution in [0.1, 0.15) is 25.7 Å².